The van der Waals surface area contributed by atoms with Crippen LogP contribution in [-0.2, 0) is 0 Å². The Bertz CT molecular complexity index is 519. The summed E-state index contributed by atoms with van der Waals surface area (Å²) in [5, 5.41) is 12.9. The van der Waals surface area contributed by atoms with Crippen LogP contribution in [0.1, 0.15) is 32.6 Å². The lowest BCUT2D eigenvalue weighted by Gasteiger charge is -2.37. The molecule has 2 aliphatic heterocycles. The minimum absolute atomic E-state index is 0.0669. The standard InChI is InChI=1S/C19H29N3O2/c1-15(23)16-7-11-22(12-8-16)19(24)20-17-9-13-21(14-10-17)18-5-3-2-4-6-18/h2-6,15-17,23H,7-14H2,1H3,(H,20,24). The summed E-state index contributed by atoms with van der Waals surface area (Å²) in [5.41, 5.74) is 1.27. The third-order valence-corrected chi connectivity index (χ3v) is 5.45. The van der Waals surface area contributed by atoms with E-state index in [-0.39, 0.29) is 18.2 Å². The Labute approximate surface area is 144 Å². The Kier molecular flexibility index (Phi) is 5.61. The fourth-order valence-electron chi connectivity index (χ4n) is 3.77. The van der Waals surface area contributed by atoms with E-state index < -0.39 is 0 Å². The lowest BCUT2D eigenvalue weighted by Crippen LogP contribution is -2.51. The molecule has 2 amide bonds. The van der Waals surface area contributed by atoms with E-state index in [0.717, 1.165) is 51.9 Å². The molecule has 2 heterocycles. The van der Waals surface area contributed by atoms with Crippen molar-refractivity contribution < 1.29 is 9.90 Å². The molecule has 0 aliphatic carbocycles. The van der Waals surface area contributed by atoms with Gasteiger partial charge in [0.25, 0.3) is 0 Å². The van der Waals surface area contributed by atoms with Crippen molar-refractivity contribution in [2.45, 2.75) is 44.8 Å². The van der Waals surface area contributed by atoms with Gasteiger partial charge >= 0.3 is 6.03 Å². The maximum atomic E-state index is 12.4. The number of carbonyl (C=O) groups is 1. The third-order valence-electron chi connectivity index (χ3n) is 5.45. The number of aliphatic hydroxyl groups excluding tert-OH is 1. The topological polar surface area (TPSA) is 55.8 Å². The van der Waals surface area contributed by atoms with Crippen LogP contribution < -0.4 is 10.2 Å². The molecule has 0 bridgehead atoms. The zero-order valence-electron chi connectivity index (χ0n) is 14.5. The fraction of sp³-hybridized carbons (Fsp3) is 0.632. The Hall–Kier alpha value is -1.75. The predicted molar refractivity (Wildman–Crippen MR) is 96.2 cm³/mol. The Morgan fingerprint density at radius 1 is 1.08 bits per heavy atom. The van der Waals surface area contributed by atoms with Crippen molar-refractivity contribution in [2.24, 2.45) is 5.92 Å². The molecule has 0 aromatic heterocycles. The van der Waals surface area contributed by atoms with Crippen molar-refractivity contribution >= 4 is 11.7 Å². The molecule has 24 heavy (non-hydrogen) atoms. The Morgan fingerprint density at radius 2 is 1.71 bits per heavy atom. The van der Waals surface area contributed by atoms with Gasteiger partial charge in [-0.25, -0.2) is 4.79 Å². The van der Waals surface area contributed by atoms with Gasteiger partial charge < -0.3 is 20.2 Å². The van der Waals surface area contributed by atoms with E-state index in [0.29, 0.717) is 5.92 Å². The van der Waals surface area contributed by atoms with Crippen molar-refractivity contribution in [3.63, 3.8) is 0 Å². The van der Waals surface area contributed by atoms with Crippen LogP contribution in [0, 0.1) is 5.92 Å². The van der Waals surface area contributed by atoms with Crippen molar-refractivity contribution in [1.82, 2.24) is 10.2 Å². The molecule has 5 heteroatoms. The minimum atomic E-state index is -0.266. The smallest absolute Gasteiger partial charge is 0.317 e. The van der Waals surface area contributed by atoms with Gasteiger partial charge in [0.2, 0.25) is 0 Å². The zero-order chi connectivity index (χ0) is 16.9. The van der Waals surface area contributed by atoms with Gasteiger partial charge in [0, 0.05) is 37.9 Å². The van der Waals surface area contributed by atoms with Gasteiger partial charge in [-0.3, -0.25) is 0 Å². The largest absolute Gasteiger partial charge is 0.393 e. The first-order valence-electron chi connectivity index (χ1n) is 9.17. The average molecular weight is 331 g/mol. The number of nitrogens with one attached hydrogen (secondary N) is 1. The second-order valence-corrected chi connectivity index (χ2v) is 7.11. The van der Waals surface area contributed by atoms with Crippen LogP contribution in [0.25, 0.3) is 0 Å². The highest BCUT2D eigenvalue weighted by molar-refractivity contribution is 5.74. The zero-order valence-corrected chi connectivity index (χ0v) is 14.5. The number of anilines is 1. The van der Waals surface area contributed by atoms with E-state index in [1.54, 1.807) is 0 Å². The SMILES string of the molecule is CC(O)C1CCN(C(=O)NC2CCN(c3ccccc3)CC2)CC1. The van der Waals surface area contributed by atoms with Gasteiger partial charge in [0.1, 0.15) is 0 Å². The van der Waals surface area contributed by atoms with Crippen molar-refractivity contribution in [1.29, 1.82) is 0 Å². The summed E-state index contributed by atoms with van der Waals surface area (Å²) in [5.74, 6) is 0.336. The monoisotopic (exact) mass is 331 g/mol. The van der Waals surface area contributed by atoms with Crippen molar-refractivity contribution in [3.05, 3.63) is 30.3 Å². The molecular formula is C19H29N3O2. The number of hydrogen-bond donors (Lipinski definition) is 2. The summed E-state index contributed by atoms with van der Waals surface area (Å²) in [6, 6.07) is 10.8. The highest BCUT2D eigenvalue weighted by atomic mass is 16.3. The van der Waals surface area contributed by atoms with Crippen LogP contribution in [0.3, 0.4) is 0 Å². The molecule has 2 aliphatic rings. The van der Waals surface area contributed by atoms with Gasteiger partial charge in [-0.05, 0) is 50.7 Å². The van der Waals surface area contributed by atoms with Crippen LogP contribution in [-0.4, -0.2) is 54.4 Å². The van der Waals surface area contributed by atoms with E-state index in [9.17, 15) is 9.90 Å². The molecular weight excluding hydrogens is 302 g/mol. The highest BCUT2D eigenvalue weighted by Crippen LogP contribution is 2.22. The molecule has 5 nitrogen and oxygen atoms in total. The van der Waals surface area contributed by atoms with Crippen LogP contribution in [0.15, 0.2) is 30.3 Å². The molecule has 2 saturated heterocycles. The van der Waals surface area contributed by atoms with Gasteiger partial charge in [-0.1, -0.05) is 18.2 Å². The normalized spacial score (nSPS) is 21.6. The molecule has 2 N–H and O–H groups in total. The first-order valence-corrected chi connectivity index (χ1v) is 9.17. The van der Waals surface area contributed by atoms with Crippen molar-refractivity contribution in [2.75, 3.05) is 31.1 Å². The predicted octanol–water partition coefficient (Wildman–Crippen LogP) is 2.46. The molecule has 0 radical (unpaired) electrons. The van der Waals surface area contributed by atoms with Crippen LogP contribution in [0.2, 0.25) is 0 Å². The number of amides is 2. The van der Waals surface area contributed by atoms with Gasteiger partial charge in [0.05, 0.1) is 6.10 Å². The molecule has 2 fully saturated rings. The molecule has 1 aromatic carbocycles. The Balaban J connectivity index is 1.42. The molecule has 1 aromatic rings. The number of carbonyl (C=O) groups excluding carboxylic acids is 1. The number of benzene rings is 1. The lowest BCUT2D eigenvalue weighted by molar-refractivity contribution is 0.0791. The summed E-state index contributed by atoms with van der Waals surface area (Å²) in [6.45, 7) is 5.33. The molecule has 0 spiro atoms. The minimum Gasteiger partial charge on any atom is -0.393 e. The van der Waals surface area contributed by atoms with Gasteiger partial charge in [0.15, 0.2) is 0 Å². The average Bonchev–Trinajstić information content (AvgIpc) is 2.63. The van der Waals surface area contributed by atoms with Gasteiger partial charge in [-0.2, -0.15) is 0 Å². The first-order chi connectivity index (χ1) is 11.6. The number of hydrogen-bond acceptors (Lipinski definition) is 3. The second-order valence-electron chi connectivity index (χ2n) is 7.11. The summed E-state index contributed by atoms with van der Waals surface area (Å²) in [6.07, 6.45) is 3.52. The maximum absolute atomic E-state index is 12.4. The van der Waals surface area contributed by atoms with Crippen LogP contribution in [0.5, 0.6) is 0 Å². The molecule has 3 rings (SSSR count). The Morgan fingerprint density at radius 3 is 2.29 bits per heavy atom. The fourth-order valence-corrected chi connectivity index (χ4v) is 3.77. The van der Waals surface area contributed by atoms with E-state index >= 15 is 0 Å². The second kappa shape index (κ2) is 7.88. The molecule has 0 saturated carbocycles. The quantitative estimate of drug-likeness (QED) is 0.894. The van der Waals surface area contributed by atoms with E-state index in [2.05, 4.69) is 34.5 Å². The lowest BCUT2D eigenvalue weighted by atomic mass is 9.92. The molecule has 1 unspecified atom stereocenters. The highest BCUT2D eigenvalue weighted by Gasteiger charge is 2.27. The maximum Gasteiger partial charge on any atom is 0.317 e. The van der Waals surface area contributed by atoms with Gasteiger partial charge in [-0.15, -0.1) is 0 Å². The van der Waals surface area contributed by atoms with Crippen LogP contribution in [0.4, 0.5) is 10.5 Å². The molecule has 1 atom stereocenters. The van der Waals surface area contributed by atoms with E-state index in [4.69, 9.17) is 0 Å². The third kappa shape index (κ3) is 4.20. The number of para-hydroxylation sites is 1. The molecule has 132 valence electrons. The number of aliphatic hydroxyl groups is 1. The van der Waals surface area contributed by atoms with Crippen molar-refractivity contribution in [3.8, 4) is 0 Å². The first kappa shape index (κ1) is 17.1. The summed E-state index contributed by atoms with van der Waals surface area (Å²) < 4.78 is 0. The number of piperidine rings is 2. The van der Waals surface area contributed by atoms with E-state index in [1.165, 1.54) is 5.69 Å². The summed E-state index contributed by atoms with van der Waals surface area (Å²) >= 11 is 0. The number of urea groups is 1. The van der Waals surface area contributed by atoms with E-state index in [1.807, 2.05) is 17.9 Å². The number of nitrogens with zero attached hydrogens (tertiary/aromatic N) is 2. The number of rotatable bonds is 3. The summed E-state index contributed by atoms with van der Waals surface area (Å²) in [4.78, 5) is 16.7. The summed E-state index contributed by atoms with van der Waals surface area (Å²) in [7, 11) is 0. The van der Waals surface area contributed by atoms with Crippen LogP contribution >= 0.6 is 0 Å². The number of likely N-dealkylation sites (tertiary alicyclic amines) is 1.